The lowest BCUT2D eigenvalue weighted by molar-refractivity contribution is -0.123. The van der Waals surface area contributed by atoms with Gasteiger partial charge in [-0.15, -0.1) is 0 Å². The molecule has 0 saturated carbocycles. The molecule has 0 aliphatic heterocycles. The Bertz CT molecular complexity index is 1130. The zero-order chi connectivity index (χ0) is 22.8. The van der Waals surface area contributed by atoms with Gasteiger partial charge in [-0.3, -0.25) is 15.6 Å². The Hall–Kier alpha value is -3.27. The summed E-state index contributed by atoms with van der Waals surface area (Å²) in [6, 6.07) is 25.7. The third-order valence-electron chi connectivity index (χ3n) is 4.55. The standard InChI is InChI=1S/C23H24N4O3S2/c28-22(25-26-23(31)24-17-19-12-6-2-7-13-19)21(16-18-10-4-1-5-11-18)27-32(29,30)20-14-8-3-9-15-20/h1-15,21,27H,16-17H2,(H,25,28)(H2,24,26,31)/t21-/m1/s1. The van der Waals surface area contributed by atoms with E-state index in [1.165, 1.54) is 12.1 Å². The molecule has 9 heteroatoms. The molecule has 166 valence electrons. The van der Waals surface area contributed by atoms with Gasteiger partial charge in [-0.1, -0.05) is 78.9 Å². The smallest absolute Gasteiger partial charge is 0.256 e. The van der Waals surface area contributed by atoms with E-state index in [1.54, 1.807) is 18.2 Å². The van der Waals surface area contributed by atoms with E-state index in [-0.39, 0.29) is 16.4 Å². The molecule has 0 aliphatic rings. The third kappa shape index (κ3) is 7.16. The van der Waals surface area contributed by atoms with Crippen LogP contribution in [0, 0.1) is 0 Å². The predicted molar refractivity (Wildman–Crippen MR) is 128 cm³/mol. The Morgan fingerprint density at radius 3 is 1.91 bits per heavy atom. The van der Waals surface area contributed by atoms with E-state index < -0.39 is 22.0 Å². The summed E-state index contributed by atoms with van der Waals surface area (Å²) in [5.74, 6) is -0.558. The minimum Gasteiger partial charge on any atom is -0.357 e. The van der Waals surface area contributed by atoms with E-state index in [9.17, 15) is 13.2 Å². The topological polar surface area (TPSA) is 99.3 Å². The monoisotopic (exact) mass is 468 g/mol. The van der Waals surface area contributed by atoms with Crippen molar-refractivity contribution >= 4 is 33.3 Å². The Balaban J connectivity index is 1.64. The molecule has 0 bridgehead atoms. The van der Waals surface area contributed by atoms with Crippen LogP contribution in [0.5, 0.6) is 0 Å². The highest BCUT2D eigenvalue weighted by atomic mass is 32.2. The van der Waals surface area contributed by atoms with E-state index >= 15 is 0 Å². The summed E-state index contributed by atoms with van der Waals surface area (Å²) in [6.07, 6.45) is 0.171. The molecule has 4 N–H and O–H groups in total. The molecule has 3 rings (SSSR count). The molecule has 0 heterocycles. The zero-order valence-corrected chi connectivity index (χ0v) is 18.8. The van der Waals surface area contributed by atoms with Crippen LogP contribution in [0.3, 0.4) is 0 Å². The molecule has 3 aromatic rings. The highest BCUT2D eigenvalue weighted by molar-refractivity contribution is 7.89. The lowest BCUT2D eigenvalue weighted by Gasteiger charge is -2.20. The van der Waals surface area contributed by atoms with Crippen LogP contribution in [0.4, 0.5) is 0 Å². The second-order valence-electron chi connectivity index (χ2n) is 6.96. The molecule has 7 nitrogen and oxygen atoms in total. The van der Waals surface area contributed by atoms with Gasteiger partial charge in [0.2, 0.25) is 10.0 Å². The van der Waals surface area contributed by atoms with Gasteiger partial charge >= 0.3 is 0 Å². The van der Waals surface area contributed by atoms with Gasteiger partial charge in [0.05, 0.1) is 4.90 Å². The Morgan fingerprint density at radius 1 is 0.781 bits per heavy atom. The lowest BCUT2D eigenvalue weighted by Crippen LogP contribution is -2.54. The summed E-state index contributed by atoms with van der Waals surface area (Å²) < 4.78 is 28.1. The minimum atomic E-state index is -3.90. The van der Waals surface area contributed by atoms with Crippen LogP contribution < -0.4 is 20.9 Å². The number of thiocarbonyl (C=S) groups is 1. The molecule has 0 fully saturated rings. The highest BCUT2D eigenvalue weighted by Gasteiger charge is 2.26. The van der Waals surface area contributed by atoms with Crippen molar-refractivity contribution in [3.8, 4) is 0 Å². The number of hydrazine groups is 1. The van der Waals surface area contributed by atoms with E-state index in [4.69, 9.17) is 12.2 Å². The molecule has 1 atom stereocenters. The summed E-state index contributed by atoms with van der Waals surface area (Å²) in [5, 5.41) is 3.20. The van der Waals surface area contributed by atoms with Crippen LogP contribution in [0.1, 0.15) is 11.1 Å². The van der Waals surface area contributed by atoms with Crippen molar-refractivity contribution in [2.45, 2.75) is 23.9 Å². The van der Waals surface area contributed by atoms with Crippen LogP contribution >= 0.6 is 12.2 Å². The summed E-state index contributed by atoms with van der Waals surface area (Å²) >= 11 is 5.20. The van der Waals surface area contributed by atoms with Crippen LogP contribution in [-0.4, -0.2) is 25.5 Å². The van der Waals surface area contributed by atoms with Crippen molar-refractivity contribution in [3.63, 3.8) is 0 Å². The average Bonchev–Trinajstić information content (AvgIpc) is 2.82. The normalized spacial score (nSPS) is 11.9. The van der Waals surface area contributed by atoms with Gasteiger partial charge in [-0.2, -0.15) is 4.72 Å². The van der Waals surface area contributed by atoms with Gasteiger partial charge in [0, 0.05) is 6.54 Å². The lowest BCUT2D eigenvalue weighted by atomic mass is 10.1. The fourth-order valence-corrected chi connectivity index (χ4v) is 4.26. The molecule has 0 radical (unpaired) electrons. The van der Waals surface area contributed by atoms with Crippen molar-refractivity contribution in [2.75, 3.05) is 0 Å². The number of nitrogens with one attached hydrogen (secondary N) is 4. The van der Waals surface area contributed by atoms with Crippen LogP contribution in [-0.2, 0) is 27.8 Å². The van der Waals surface area contributed by atoms with E-state index in [0.717, 1.165) is 11.1 Å². The van der Waals surface area contributed by atoms with Gasteiger partial charge in [-0.05, 0) is 41.9 Å². The van der Waals surface area contributed by atoms with Crippen LogP contribution in [0.2, 0.25) is 0 Å². The Labute approximate surface area is 193 Å². The number of hydrogen-bond donors (Lipinski definition) is 4. The van der Waals surface area contributed by atoms with Gasteiger partial charge in [0.25, 0.3) is 5.91 Å². The van der Waals surface area contributed by atoms with Gasteiger partial charge in [0.15, 0.2) is 5.11 Å². The number of benzene rings is 3. The molecule has 3 aromatic carbocycles. The zero-order valence-electron chi connectivity index (χ0n) is 17.2. The first-order valence-corrected chi connectivity index (χ1v) is 11.8. The van der Waals surface area contributed by atoms with Crippen molar-refractivity contribution in [3.05, 3.63) is 102 Å². The van der Waals surface area contributed by atoms with E-state index in [2.05, 4.69) is 20.9 Å². The molecule has 1 amide bonds. The molecule has 0 saturated heterocycles. The van der Waals surface area contributed by atoms with Crippen molar-refractivity contribution in [1.82, 2.24) is 20.9 Å². The minimum absolute atomic E-state index is 0.0823. The first-order valence-electron chi connectivity index (χ1n) is 9.93. The SMILES string of the molecule is O=C(NNC(=S)NCc1ccccc1)[C@@H](Cc1ccccc1)NS(=O)(=O)c1ccccc1. The predicted octanol–water partition coefficient (Wildman–Crippen LogP) is 2.27. The maximum atomic E-state index is 12.8. The number of rotatable bonds is 8. The summed E-state index contributed by atoms with van der Waals surface area (Å²) in [4.78, 5) is 12.9. The maximum absolute atomic E-state index is 12.8. The summed E-state index contributed by atoms with van der Waals surface area (Å²) in [7, 11) is -3.90. The summed E-state index contributed by atoms with van der Waals surface area (Å²) in [6.45, 7) is 0.483. The molecule has 0 spiro atoms. The van der Waals surface area contributed by atoms with E-state index in [1.807, 2.05) is 60.7 Å². The van der Waals surface area contributed by atoms with Gasteiger partial charge < -0.3 is 5.32 Å². The number of sulfonamides is 1. The van der Waals surface area contributed by atoms with Gasteiger partial charge in [0.1, 0.15) is 6.04 Å². The fraction of sp³-hybridized carbons (Fsp3) is 0.130. The molecule has 0 aromatic heterocycles. The number of hydrogen-bond acceptors (Lipinski definition) is 4. The number of amides is 1. The number of carbonyl (C=O) groups is 1. The first-order chi connectivity index (χ1) is 15.4. The van der Waals surface area contributed by atoms with Crippen molar-refractivity contribution in [1.29, 1.82) is 0 Å². The largest absolute Gasteiger partial charge is 0.357 e. The molecule has 32 heavy (non-hydrogen) atoms. The van der Waals surface area contributed by atoms with E-state index in [0.29, 0.717) is 6.54 Å². The maximum Gasteiger partial charge on any atom is 0.256 e. The second-order valence-corrected chi connectivity index (χ2v) is 9.08. The van der Waals surface area contributed by atoms with Gasteiger partial charge in [-0.25, -0.2) is 8.42 Å². The van der Waals surface area contributed by atoms with Crippen molar-refractivity contribution in [2.24, 2.45) is 0 Å². The number of carbonyl (C=O) groups excluding carboxylic acids is 1. The van der Waals surface area contributed by atoms with Crippen LogP contribution in [0.15, 0.2) is 95.9 Å². The second kappa shape index (κ2) is 11.4. The fourth-order valence-electron chi connectivity index (χ4n) is 2.92. The third-order valence-corrected chi connectivity index (χ3v) is 6.28. The molecular formula is C23H24N4O3S2. The molecule has 0 aliphatic carbocycles. The quantitative estimate of drug-likeness (QED) is 0.299. The molecular weight excluding hydrogens is 444 g/mol. The average molecular weight is 469 g/mol. The van der Waals surface area contributed by atoms with Crippen LogP contribution in [0.25, 0.3) is 0 Å². The molecule has 0 unspecified atom stereocenters. The van der Waals surface area contributed by atoms with Crippen molar-refractivity contribution < 1.29 is 13.2 Å². The Kier molecular flexibility index (Phi) is 8.32. The highest BCUT2D eigenvalue weighted by Crippen LogP contribution is 2.11. The summed E-state index contributed by atoms with van der Waals surface area (Å²) in [5.41, 5.74) is 6.97. The first kappa shape index (κ1) is 23.4. The Morgan fingerprint density at radius 2 is 1.31 bits per heavy atom.